The Labute approximate surface area is 160 Å². The van der Waals surface area contributed by atoms with Crippen LogP contribution in [0.1, 0.15) is 38.5 Å². The number of nitrogens with one attached hydrogen (secondary N) is 2. The highest BCUT2D eigenvalue weighted by Gasteiger charge is 2.23. The van der Waals surface area contributed by atoms with Crippen LogP contribution in [-0.4, -0.2) is 49.1 Å². The Morgan fingerprint density at radius 3 is 2.78 bits per heavy atom. The van der Waals surface area contributed by atoms with Crippen LogP contribution in [0.25, 0.3) is 0 Å². The van der Waals surface area contributed by atoms with Crippen LogP contribution in [0, 0.1) is 5.92 Å². The van der Waals surface area contributed by atoms with E-state index in [1.165, 1.54) is 12.8 Å². The molecular weight excluding hydrogens is 344 g/mol. The summed E-state index contributed by atoms with van der Waals surface area (Å²) in [6.45, 7) is 2.85. The molecule has 1 heterocycles. The largest absolute Gasteiger partial charge is 0.490 e. The number of ether oxygens (including phenoxy) is 1. The molecule has 0 aromatic heterocycles. The summed E-state index contributed by atoms with van der Waals surface area (Å²) in [5, 5.41) is 5.72. The van der Waals surface area contributed by atoms with Gasteiger partial charge in [-0.1, -0.05) is 6.07 Å². The number of nitrogens with two attached hydrogens (primary N) is 1. The molecule has 3 rings (SSSR count). The number of benzene rings is 1. The van der Waals surface area contributed by atoms with Gasteiger partial charge in [-0.2, -0.15) is 0 Å². The summed E-state index contributed by atoms with van der Waals surface area (Å²) in [6.07, 6.45) is 6.77. The molecule has 4 N–H and O–H groups in total. The van der Waals surface area contributed by atoms with Gasteiger partial charge in [-0.15, -0.1) is 0 Å². The zero-order valence-corrected chi connectivity index (χ0v) is 15.8. The molecule has 0 unspecified atom stereocenters. The number of anilines is 1. The number of urea groups is 1. The highest BCUT2D eigenvalue weighted by molar-refractivity contribution is 5.89. The van der Waals surface area contributed by atoms with Crippen molar-refractivity contribution >= 4 is 17.6 Å². The Morgan fingerprint density at radius 2 is 2.00 bits per heavy atom. The van der Waals surface area contributed by atoms with Crippen LogP contribution in [0.15, 0.2) is 24.3 Å². The van der Waals surface area contributed by atoms with Crippen molar-refractivity contribution in [3.63, 3.8) is 0 Å². The van der Waals surface area contributed by atoms with E-state index in [0.29, 0.717) is 25.7 Å². The summed E-state index contributed by atoms with van der Waals surface area (Å²) in [5.41, 5.74) is 6.12. The highest BCUT2D eigenvalue weighted by atomic mass is 16.5. The number of primary amides is 1. The van der Waals surface area contributed by atoms with Crippen LogP contribution in [-0.2, 0) is 4.79 Å². The molecule has 2 aliphatic rings. The molecule has 1 atom stereocenters. The SMILES string of the molecule is NC(=O)[C@H]1CCCN(CCNC(=O)Nc2cccc(OC3CCCC3)c2)C1. The lowest BCUT2D eigenvalue weighted by Crippen LogP contribution is -2.44. The van der Waals surface area contributed by atoms with Crippen molar-refractivity contribution in [2.45, 2.75) is 44.6 Å². The van der Waals surface area contributed by atoms with E-state index in [-0.39, 0.29) is 17.9 Å². The van der Waals surface area contributed by atoms with Gasteiger partial charge in [0.2, 0.25) is 5.91 Å². The fourth-order valence-electron chi connectivity index (χ4n) is 3.84. The molecule has 7 nitrogen and oxygen atoms in total. The Morgan fingerprint density at radius 1 is 1.19 bits per heavy atom. The number of nitrogens with zero attached hydrogens (tertiary/aromatic N) is 1. The van der Waals surface area contributed by atoms with Gasteiger partial charge in [-0.3, -0.25) is 4.79 Å². The second kappa shape index (κ2) is 9.60. The summed E-state index contributed by atoms with van der Waals surface area (Å²) in [7, 11) is 0. The standard InChI is InChI=1S/C20H30N4O3/c21-19(25)15-5-4-11-24(14-15)12-10-22-20(26)23-16-6-3-9-18(13-16)27-17-7-1-2-8-17/h3,6,9,13,15,17H,1-2,4-5,7-8,10-12,14H2,(H2,21,25)(H2,22,23,26)/t15-/m0/s1. The molecule has 2 fully saturated rings. The van der Waals surface area contributed by atoms with Crippen molar-refractivity contribution in [3.8, 4) is 5.75 Å². The van der Waals surface area contributed by atoms with E-state index in [1.54, 1.807) is 0 Å². The minimum Gasteiger partial charge on any atom is -0.490 e. The molecule has 3 amide bonds. The Hall–Kier alpha value is -2.28. The van der Waals surface area contributed by atoms with Gasteiger partial charge in [0.25, 0.3) is 0 Å². The fraction of sp³-hybridized carbons (Fsp3) is 0.600. The maximum Gasteiger partial charge on any atom is 0.319 e. The van der Waals surface area contributed by atoms with E-state index in [0.717, 1.165) is 43.7 Å². The van der Waals surface area contributed by atoms with E-state index in [4.69, 9.17) is 10.5 Å². The van der Waals surface area contributed by atoms with Crippen LogP contribution in [0.3, 0.4) is 0 Å². The van der Waals surface area contributed by atoms with E-state index in [9.17, 15) is 9.59 Å². The van der Waals surface area contributed by atoms with Gasteiger partial charge in [-0.05, 0) is 57.2 Å². The Balaban J connectivity index is 1.39. The van der Waals surface area contributed by atoms with Gasteiger partial charge < -0.3 is 26.0 Å². The van der Waals surface area contributed by atoms with Crippen molar-refractivity contribution < 1.29 is 14.3 Å². The summed E-state index contributed by atoms with van der Waals surface area (Å²) < 4.78 is 5.97. The first kappa shape index (κ1) is 19.5. The third-order valence-corrected chi connectivity index (χ3v) is 5.32. The molecule has 1 aliphatic heterocycles. The number of hydrogen-bond acceptors (Lipinski definition) is 4. The monoisotopic (exact) mass is 374 g/mol. The molecule has 27 heavy (non-hydrogen) atoms. The van der Waals surface area contributed by atoms with E-state index < -0.39 is 0 Å². The number of carbonyl (C=O) groups excluding carboxylic acids is 2. The van der Waals surface area contributed by atoms with Crippen molar-refractivity contribution in [2.75, 3.05) is 31.5 Å². The molecule has 1 aromatic rings. The smallest absolute Gasteiger partial charge is 0.319 e. The predicted molar refractivity (Wildman–Crippen MR) is 105 cm³/mol. The third kappa shape index (κ3) is 6.13. The quantitative estimate of drug-likeness (QED) is 0.682. The number of hydrogen-bond donors (Lipinski definition) is 3. The Kier molecular flexibility index (Phi) is 6.92. The van der Waals surface area contributed by atoms with Crippen LogP contribution >= 0.6 is 0 Å². The molecule has 148 valence electrons. The number of carbonyl (C=O) groups is 2. The molecule has 1 aliphatic carbocycles. The minimum absolute atomic E-state index is 0.0739. The van der Waals surface area contributed by atoms with Crippen molar-refractivity contribution in [2.24, 2.45) is 11.7 Å². The number of piperidine rings is 1. The highest BCUT2D eigenvalue weighted by Crippen LogP contribution is 2.25. The van der Waals surface area contributed by atoms with Crippen LogP contribution < -0.4 is 21.1 Å². The molecule has 1 saturated carbocycles. The van der Waals surface area contributed by atoms with Crippen molar-refractivity contribution in [3.05, 3.63) is 24.3 Å². The lowest BCUT2D eigenvalue weighted by Gasteiger charge is -2.31. The lowest BCUT2D eigenvalue weighted by molar-refractivity contribution is -0.123. The first-order chi connectivity index (χ1) is 13.1. The Bertz CT molecular complexity index is 646. The number of likely N-dealkylation sites (tertiary alicyclic amines) is 1. The van der Waals surface area contributed by atoms with Crippen LogP contribution in [0.2, 0.25) is 0 Å². The van der Waals surface area contributed by atoms with Gasteiger partial charge >= 0.3 is 6.03 Å². The average Bonchev–Trinajstić information content (AvgIpc) is 3.15. The fourth-order valence-corrected chi connectivity index (χ4v) is 3.84. The normalized spacial score (nSPS) is 21.0. The maximum absolute atomic E-state index is 12.1. The van der Waals surface area contributed by atoms with E-state index in [1.807, 2.05) is 24.3 Å². The second-order valence-electron chi connectivity index (χ2n) is 7.48. The first-order valence-electron chi connectivity index (χ1n) is 9.93. The second-order valence-corrected chi connectivity index (χ2v) is 7.48. The number of amides is 3. The molecule has 0 spiro atoms. The van der Waals surface area contributed by atoms with E-state index >= 15 is 0 Å². The lowest BCUT2D eigenvalue weighted by atomic mass is 9.97. The zero-order chi connectivity index (χ0) is 19.1. The molecule has 1 saturated heterocycles. The first-order valence-corrected chi connectivity index (χ1v) is 9.93. The summed E-state index contributed by atoms with van der Waals surface area (Å²) >= 11 is 0. The van der Waals surface area contributed by atoms with Gasteiger partial charge in [0.15, 0.2) is 0 Å². The summed E-state index contributed by atoms with van der Waals surface area (Å²) in [5.74, 6) is 0.491. The molecule has 7 heteroatoms. The topological polar surface area (TPSA) is 96.7 Å². The molecule has 1 aromatic carbocycles. The maximum atomic E-state index is 12.1. The van der Waals surface area contributed by atoms with Gasteiger partial charge in [0.05, 0.1) is 12.0 Å². The van der Waals surface area contributed by atoms with Gasteiger partial charge in [0.1, 0.15) is 5.75 Å². The van der Waals surface area contributed by atoms with E-state index in [2.05, 4.69) is 15.5 Å². The molecular formula is C20H30N4O3. The molecule has 0 bridgehead atoms. The van der Waals surface area contributed by atoms with Gasteiger partial charge in [-0.25, -0.2) is 4.79 Å². The minimum atomic E-state index is -0.239. The zero-order valence-electron chi connectivity index (χ0n) is 15.8. The van der Waals surface area contributed by atoms with Crippen molar-refractivity contribution in [1.82, 2.24) is 10.2 Å². The van der Waals surface area contributed by atoms with Crippen LogP contribution in [0.4, 0.5) is 10.5 Å². The van der Waals surface area contributed by atoms with Crippen LogP contribution in [0.5, 0.6) is 5.75 Å². The number of rotatable bonds is 7. The molecule has 0 radical (unpaired) electrons. The van der Waals surface area contributed by atoms with Gasteiger partial charge in [0, 0.05) is 31.4 Å². The predicted octanol–water partition coefficient (Wildman–Crippen LogP) is 2.33. The summed E-state index contributed by atoms with van der Waals surface area (Å²) in [6, 6.07) is 7.28. The average molecular weight is 374 g/mol. The third-order valence-electron chi connectivity index (χ3n) is 5.32. The summed E-state index contributed by atoms with van der Waals surface area (Å²) in [4.78, 5) is 25.6. The van der Waals surface area contributed by atoms with Crippen molar-refractivity contribution in [1.29, 1.82) is 0 Å².